The van der Waals surface area contributed by atoms with E-state index in [4.69, 9.17) is 9.47 Å². The largest absolute Gasteiger partial charge is 0.497 e. The molecule has 0 N–H and O–H groups in total. The number of benzene rings is 2. The van der Waals surface area contributed by atoms with Crippen LogP contribution in [0.3, 0.4) is 0 Å². The van der Waals surface area contributed by atoms with Crippen LogP contribution in [0.25, 0.3) is 10.2 Å². The number of carbonyl (C=O) groups is 1. The van der Waals surface area contributed by atoms with Crippen molar-refractivity contribution in [2.75, 3.05) is 25.2 Å². The van der Waals surface area contributed by atoms with E-state index in [1.807, 2.05) is 18.2 Å². The number of hydrogen-bond donors (Lipinski definition) is 0. The van der Waals surface area contributed by atoms with Crippen LogP contribution in [0.4, 0.5) is 10.8 Å². The fourth-order valence-corrected chi connectivity index (χ4v) is 4.29. The van der Waals surface area contributed by atoms with E-state index < -0.39 is 4.92 Å². The smallest absolute Gasteiger partial charge is 0.270 e. The van der Waals surface area contributed by atoms with Gasteiger partial charge in [-0.2, -0.15) is 0 Å². The van der Waals surface area contributed by atoms with E-state index in [9.17, 15) is 14.9 Å². The minimum Gasteiger partial charge on any atom is -0.497 e. The number of amides is 1. The highest BCUT2D eigenvalue weighted by Gasteiger charge is 2.27. The Hall–Kier alpha value is -3.04. The van der Waals surface area contributed by atoms with Crippen molar-refractivity contribution >= 4 is 38.3 Å². The Bertz CT molecular complexity index is 1060. The summed E-state index contributed by atoms with van der Waals surface area (Å²) >= 11 is 1.38. The van der Waals surface area contributed by atoms with Crippen LogP contribution in [-0.4, -0.2) is 42.2 Å². The summed E-state index contributed by atoms with van der Waals surface area (Å²) in [6.07, 6.45) is 1.72. The standard InChI is InChI=1S/C20H19N3O5S/c1-27-15-7-8-17-18(11-15)29-20(21-17)22(12-16-6-3-9-28-16)19(24)13-4-2-5-14(10-13)23(25)26/h2,4-5,7-8,10-11,16H,3,6,9,12H2,1H3. The predicted octanol–water partition coefficient (Wildman–Crippen LogP) is 4.04. The van der Waals surface area contributed by atoms with Gasteiger partial charge in [-0.15, -0.1) is 0 Å². The number of anilines is 1. The van der Waals surface area contributed by atoms with Gasteiger partial charge in [0.2, 0.25) is 0 Å². The maximum atomic E-state index is 13.3. The Morgan fingerprint density at radius 2 is 2.24 bits per heavy atom. The van der Waals surface area contributed by atoms with Crippen molar-refractivity contribution in [1.82, 2.24) is 4.98 Å². The van der Waals surface area contributed by atoms with Crippen LogP contribution in [0.2, 0.25) is 0 Å². The van der Waals surface area contributed by atoms with Crippen molar-refractivity contribution < 1.29 is 19.2 Å². The van der Waals surface area contributed by atoms with Crippen molar-refractivity contribution in [2.45, 2.75) is 18.9 Å². The lowest BCUT2D eigenvalue weighted by atomic mass is 10.1. The lowest BCUT2D eigenvalue weighted by Crippen LogP contribution is -2.37. The second-order valence-corrected chi connectivity index (χ2v) is 7.70. The number of nitro benzene ring substituents is 1. The van der Waals surface area contributed by atoms with Gasteiger partial charge in [0.05, 0.1) is 34.9 Å². The summed E-state index contributed by atoms with van der Waals surface area (Å²) in [4.78, 5) is 30.1. The van der Waals surface area contributed by atoms with Gasteiger partial charge < -0.3 is 9.47 Å². The van der Waals surface area contributed by atoms with Crippen molar-refractivity contribution in [3.63, 3.8) is 0 Å². The topological polar surface area (TPSA) is 94.8 Å². The van der Waals surface area contributed by atoms with Gasteiger partial charge in [-0.3, -0.25) is 19.8 Å². The van der Waals surface area contributed by atoms with Gasteiger partial charge in [0.1, 0.15) is 5.75 Å². The van der Waals surface area contributed by atoms with E-state index in [1.54, 1.807) is 18.1 Å². The molecule has 1 aliphatic heterocycles. The summed E-state index contributed by atoms with van der Waals surface area (Å²) in [5, 5.41) is 11.6. The summed E-state index contributed by atoms with van der Waals surface area (Å²) in [7, 11) is 1.60. The monoisotopic (exact) mass is 413 g/mol. The number of thiazole rings is 1. The molecular formula is C20H19N3O5S. The molecule has 0 bridgehead atoms. The Labute approximate surface area is 170 Å². The molecule has 0 aliphatic carbocycles. The number of carbonyl (C=O) groups excluding carboxylic acids is 1. The zero-order chi connectivity index (χ0) is 20.4. The van der Waals surface area contributed by atoms with Gasteiger partial charge in [-0.1, -0.05) is 17.4 Å². The number of non-ortho nitro benzene ring substituents is 1. The van der Waals surface area contributed by atoms with Gasteiger partial charge in [-0.05, 0) is 37.1 Å². The highest BCUT2D eigenvalue weighted by atomic mass is 32.1. The molecule has 1 aliphatic rings. The molecule has 1 atom stereocenters. The first kappa shape index (κ1) is 19.3. The zero-order valence-corrected chi connectivity index (χ0v) is 16.6. The number of fused-ring (bicyclic) bond motifs is 1. The summed E-state index contributed by atoms with van der Waals surface area (Å²) in [6.45, 7) is 1.01. The SMILES string of the molecule is COc1ccc2nc(N(CC3CCCO3)C(=O)c3cccc([N+](=O)[O-])c3)sc2c1. The van der Waals surface area contributed by atoms with E-state index in [0.29, 0.717) is 24.0 Å². The molecule has 1 aromatic heterocycles. The first-order valence-corrected chi connectivity index (χ1v) is 9.99. The van der Waals surface area contributed by atoms with E-state index in [1.165, 1.54) is 29.5 Å². The summed E-state index contributed by atoms with van der Waals surface area (Å²) in [6, 6.07) is 11.3. The van der Waals surface area contributed by atoms with Crippen LogP contribution in [0.15, 0.2) is 42.5 Å². The lowest BCUT2D eigenvalue weighted by molar-refractivity contribution is -0.384. The molecule has 1 fully saturated rings. The fourth-order valence-electron chi connectivity index (χ4n) is 3.28. The van der Waals surface area contributed by atoms with Crippen molar-refractivity contribution in [1.29, 1.82) is 0 Å². The average molecular weight is 413 g/mol. The van der Waals surface area contributed by atoms with Crippen LogP contribution in [0.5, 0.6) is 5.75 Å². The van der Waals surface area contributed by atoms with E-state index >= 15 is 0 Å². The highest BCUT2D eigenvalue weighted by molar-refractivity contribution is 7.22. The molecule has 1 unspecified atom stereocenters. The quantitative estimate of drug-likeness (QED) is 0.447. The Kier molecular flexibility index (Phi) is 5.41. The average Bonchev–Trinajstić information content (AvgIpc) is 3.40. The molecule has 2 heterocycles. The third kappa shape index (κ3) is 4.06. The number of ether oxygens (including phenoxy) is 2. The van der Waals surface area contributed by atoms with Crippen molar-refractivity contribution in [3.8, 4) is 5.75 Å². The third-order valence-corrected chi connectivity index (χ3v) is 5.82. The molecule has 9 heteroatoms. The van der Waals surface area contributed by atoms with Gasteiger partial charge in [0.25, 0.3) is 11.6 Å². The Balaban J connectivity index is 1.72. The van der Waals surface area contributed by atoms with Crippen LogP contribution in [0, 0.1) is 10.1 Å². The predicted molar refractivity (Wildman–Crippen MR) is 110 cm³/mol. The Morgan fingerprint density at radius 1 is 1.38 bits per heavy atom. The maximum Gasteiger partial charge on any atom is 0.270 e. The first-order valence-electron chi connectivity index (χ1n) is 9.17. The number of nitro groups is 1. The summed E-state index contributed by atoms with van der Waals surface area (Å²) < 4.78 is 11.9. The lowest BCUT2D eigenvalue weighted by Gasteiger charge is -2.23. The molecule has 4 rings (SSSR count). The van der Waals surface area contributed by atoms with Gasteiger partial charge in [0, 0.05) is 24.3 Å². The first-order chi connectivity index (χ1) is 14.0. The second kappa shape index (κ2) is 8.14. The molecule has 8 nitrogen and oxygen atoms in total. The van der Waals surface area contributed by atoms with Crippen molar-refractivity contribution in [3.05, 3.63) is 58.1 Å². The highest BCUT2D eigenvalue weighted by Crippen LogP contribution is 2.33. The molecule has 1 amide bonds. The van der Waals surface area contributed by atoms with Crippen LogP contribution in [-0.2, 0) is 4.74 Å². The van der Waals surface area contributed by atoms with Crippen molar-refractivity contribution in [2.24, 2.45) is 0 Å². The van der Waals surface area contributed by atoms with Crippen LogP contribution in [0.1, 0.15) is 23.2 Å². The van der Waals surface area contributed by atoms with Gasteiger partial charge >= 0.3 is 0 Å². The van der Waals surface area contributed by atoms with Gasteiger partial charge in [-0.25, -0.2) is 4.98 Å². The molecular weight excluding hydrogens is 394 g/mol. The van der Waals surface area contributed by atoms with Gasteiger partial charge in [0.15, 0.2) is 5.13 Å². The number of methoxy groups -OCH3 is 1. The molecule has 150 valence electrons. The normalized spacial score (nSPS) is 16.1. The minimum atomic E-state index is -0.509. The fraction of sp³-hybridized carbons (Fsp3) is 0.300. The zero-order valence-electron chi connectivity index (χ0n) is 15.7. The number of nitrogens with zero attached hydrogens (tertiary/aromatic N) is 3. The van der Waals surface area contributed by atoms with E-state index in [0.717, 1.165) is 23.1 Å². The third-order valence-electron chi connectivity index (χ3n) is 4.77. The molecule has 2 aromatic carbocycles. The van der Waals surface area contributed by atoms with E-state index in [-0.39, 0.29) is 23.3 Å². The number of aromatic nitrogens is 1. The number of rotatable bonds is 6. The van der Waals surface area contributed by atoms with E-state index in [2.05, 4.69) is 4.98 Å². The van der Waals surface area contributed by atoms with Crippen LogP contribution >= 0.6 is 11.3 Å². The number of hydrogen-bond acceptors (Lipinski definition) is 7. The molecule has 3 aromatic rings. The molecule has 0 spiro atoms. The summed E-state index contributed by atoms with van der Waals surface area (Å²) in [5.74, 6) is 0.374. The maximum absolute atomic E-state index is 13.3. The molecule has 1 saturated heterocycles. The second-order valence-electron chi connectivity index (χ2n) is 6.69. The Morgan fingerprint density at radius 3 is 2.97 bits per heavy atom. The molecule has 0 radical (unpaired) electrons. The molecule has 29 heavy (non-hydrogen) atoms. The summed E-state index contributed by atoms with van der Waals surface area (Å²) in [5.41, 5.74) is 0.881. The molecule has 0 saturated carbocycles. The minimum absolute atomic E-state index is 0.0841. The van der Waals surface area contributed by atoms with Crippen LogP contribution < -0.4 is 9.64 Å².